The van der Waals surface area contributed by atoms with Crippen LogP contribution < -0.4 is 11.5 Å². The van der Waals surface area contributed by atoms with E-state index in [9.17, 15) is 4.79 Å². The standard InChI is InChI=1S/C9H10N6O/c10-7-4-2-1-3-6(7)9-12-14-15(13-9)5-8(11)16/h1-4H,5,10H2,(H2,11,16). The molecule has 0 bridgehead atoms. The van der Waals surface area contributed by atoms with E-state index in [1.165, 1.54) is 0 Å². The maximum atomic E-state index is 10.7. The number of nitrogens with two attached hydrogens (primary N) is 2. The van der Waals surface area contributed by atoms with E-state index in [0.29, 0.717) is 17.1 Å². The Hall–Kier alpha value is -2.44. The van der Waals surface area contributed by atoms with Gasteiger partial charge in [0.25, 0.3) is 0 Å². The van der Waals surface area contributed by atoms with Gasteiger partial charge in [-0.15, -0.1) is 10.2 Å². The Balaban J connectivity index is 2.32. The van der Waals surface area contributed by atoms with E-state index in [4.69, 9.17) is 11.5 Å². The molecule has 16 heavy (non-hydrogen) atoms. The Kier molecular flexibility index (Phi) is 2.50. The van der Waals surface area contributed by atoms with Crippen LogP contribution in [0, 0.1) is 0 Å². The van der Waals surface area contributed by atoms with Crippen LogP contribution in [0.1, 0.15) is 0 Å². The quantitative estimate of drug-likeness (QED) is 0.668. The molecule has 1 aromatic heterocycles. The summed E-state index contributed by atoms with van der Waals surface area (Å²) in [6, 6.07) is 7.15. The molecule has 7 heteroatoms. The number of anilines is 1. The highest BCUT2D eigenvalue weighted by molar-refractivity contribution is 5.73. The second-order valence-electron chi connectivity index (χ2n) is 3.20. The van der Waals surface area contributed by atoms with E-state index >= 15 is 0 Å². The molecule has 2 rings (SSSR count). The summed E-state index contributed by atoms with van der Waals surface area (Å²) in [6.07, 6.45) is 0. The van der Waals surface area contributed by atoms with Gasteiger partial charge in [0.1, 0.15) is 6.54 Å². The highest BCUT2D eigenvalue weighted by Crippen LogP contribution is 2.20. The molecule has 0 saturated heterocycles. The number of para-hydroxylation sites is 1. The first-order chi connectivity index (χ1) is 7.66. The summed E-state index contributed by atoms with van der Waals surface area (Å²) in [4.78, 5) is 11.8. The molecule has 82 valence electrons. The van der Waals surface area contributed by atoms with Gasteiger partial charge in [0.15, 0.2) is 0 Å². The molecular weight excluding hydrogens is 208 g/mol. The fraction of sp³-hybridized carbons (Fsp3) is 0.111. The van der Waals surface area contributed by atoms with Gasteiger partial charge in [-0.3, -0.25) is 4.79 Å². The van der Waals surface area contributed by atoms with Crippen LogP contribution in [0.3, 0.4) is 0 Å². The molecule has 0 fully saturated rings. The lowest BCUT2D eigenvalue weighted by Gasteiger charge is -1.98. The predicted molar refractivity (Wildman–Crippen MR) is 56.9 cm³/mol. The number of nitrogens with zero attached hydrogens (tertiary/aromatic N) is 4. The smallest absolute Gasteiger partial charge is 0.241 e. The third-order valence-corrected chi connectivity index (χ3v) is 1.95. The zero-order valence-corrected chi connectivity index (χ0v) is 8.37. The minimum atomic E-state index is -0.523. The van der Waals surface area contributed by atoms with Gasteiger partial charge < -0.3 is 11.5 Å². The van der Waals surface area contributed by atoms with Gasteiger partial charge in [0, 0.05) is 11.3 Å². The summed E-state index contributed by atoms with van der Waals surface area (Å²) < 4.78 is 0. The van der Waals surface area contributed by atoms with Crippen LogP contribution in [-0.4, -0.2) is 26.1 Å². The zero-order valence-electron chi connectivity index (χ0n) is 8.37. The van der Waals surface area contributed by atoms with E-state index in [-0.39, 0.29) is 6.54 Å². The van der Waals surface area contributed by atoms with Crippen LogP contribution in [0.4, 0.5) is 5.69 Å². The van der Waals surface area contributed by atoms with E-state index in [2.05, 4.69) is 15.4 Å². The molecule has 0 saturated carbocycles. The molecule has 0 aliphatic heterocycles. The number of rotatable bonds is 3. The molecule has 0 unspecified atom stereocenters. The van der Waals surface area contributed by atoms with Crippen molar-refractivity contribution in [3.05, 3.63) is 24.3 Å². The molecule has 0 spiro atoms. The van der Waals surface area contributed by atoms with Crippen molar-refractivity contribution >= 4 is 11.6 Å². The van der Waals surface area contributed by atoms with Crippen LogP contribution >= 0.6 is 0 Å². The monoisotopic (exact) mass is 218 g/mol. The van der Waals surface area contributed by atoms with Gasteiger partial charge in [-0.25, -0.2) is 0 Å². The lowest BCUT2D eigenvalue weighted by atomic mass is 10.2. The molecule has 0 radical (unpaired) electrons. The summed E-state index contributed by atoms with van der Waals surface area (Å²) >= 11 is 0. The molecule has 0 aliphatic rings. The van der Waals surface area contributed by atoms with Crippen molar-refractivity contribution in [1.29, 1.82) is 0 Å². The minimum absolute atomic E-state index is 0.0975. The first-order valence-electron chi connectivity index (χ1n) is 4.58. The van der Waals surface area contributed by atoms with Crippen molar-refractivity contribution in [3.8, 4) is 11.4 Å². The second-order valence-corrected chi connectivity index (χ2v) is 3.20. The van der Waals surface area contributed by atoms with Crippen LogP contribution in [-0.2, 0) is 11.3 Å². The van der Waals surface area contributed by atoms with Crippen molar-refractivity contribution in [3.63, 3.8) is 0 Å². The first kappa shape index (κ1) is 10.1. The largest absolute Gasteiger partial charge is 0.398 e. The van der Waals surface area contributed by atoms with E-state index in [1.54, 1.807) is 12.1 Å². The highest BCUT2D eigenvalue weighted by atomic mass is 16.1. The van der Waals surface area contributed by atoms with Gasteiger partial charge in [-0.2, -0.15) is 4.80 Å². The number of primary amides is 1. The summed E-state index contributed by atoms with van der Waals surface area (Å²) in [6.45, 7) is -0.0975. The third-order valence-electron chi connectivity index (χ3n) is 1.95. The fourth-order valence-corrected chi connectivity index (χ4v) is 1.26. The maximum absolute atomic E-state index is 10.7. The summed E-state index contributed by atoms with van der Waals surface area (Å²) in [5.41, 5.74) is 12.0. The third kappa shape index (κ3) is 1.97. The van der Waals surface area contributed by atoms with Crippen molar-refractivity contribution in [2.45, 2.75) is 6.54 Å². The number of hydrogen-bond acceptors (Lipinski definition) is 5. The Bertz CT molecular complexity index is 520. The lowest BCUT2D eigenvalue weighted by molar-refractivity contribution is -0.118. The van der Waals surface area contributed by atoms with Gasteiger partial charge in [-0.05, 0) is 17.3 Å². The Morgan fingerprint density at radius 1 is 1.38 bits per heavy atom. The molecular formula is C9H10N6O. The molecule has 2 aromatic rings. The van der Waals surface area contributed by atoms with Gasteiger partial charge >= 0.3 is 0 Å². The van der Waals surface area contributed by atoms with Crippen LogP contribution in [0.2, 0.25) is 0 Å². The topological polar surface area (TPSA) is 113 Å². The van der Waals surface area contributed by atoms with Crippen molar-refractivity contribution < 1.29 is 4.79 Å². The molecule has 1 aromatic carbocycles. The lowest BCUT2D eigenvalue weighted by Crippen LogP contribution is -2.20. The van der Waals surface area contributed by atoms with E-state index < -0.39 is 5.91 Å². The number of amides is 1. The number of carbonyl (C=O) groups is 1. The van der Waals surface area contributed by atoms with E-state index in [0.717, 1.165) is 4.80 Å². The van der Waals surface area contributed by atoms with Crippen molar-refractivity contribution in [2.24, 2.45) is 5.73 Å². The number of aromatic nitrogens is 4. The average Bonchev–Trinajstić information content (AvgIpc) is 2.66. The Morgan fingerprint density at radius 2 is 2.12 bits per heavy atom. The normalized spacial score (nSPS) is 10.2. The zero-order chi connectivity index (χ0) is 11.5. The van der Waals surface area contributed by atoms with Gasteiger partial charge in [0.2, 0.25) is 11.7 Å². The molecule has 7 nitrogen and oxygen atoms in total. The fourth-order valence-electron chi connectivity index (χ4n) is 1.26. The minimum Gasteiger partial charge on any atom is -0.398 e. The van der Waals surface area contributed by atoms with Crippen LogP contribution in [0.25, 0.3) is 11.4 Å². The number of nitrogen functional groups attached to an aromatic ring is 1. The summed E-state index contributed by atoms with van der Waals surface area (Å²) in [5, 5.41) is 11.5. The molecule has 4 N–H and O–H groups in total. The second kappa shape index (κ2) is 3.97. The van der Waals surface area contributed by atoms with E-state index in [1.807, 2.05) is 12.1 Å². The average molecular weight is 218 g/mol. The Morgan fingerprint density at radius 3 is 2.81 bits per heavy atom. The molecule has 1 heterocycles. The molecule has 0 atom stereocenters. The predicted octanol–water partition coefficient (Wildman–Crippen LogP) is -0.592. The molecule has 0 aliphatic carbocycles. The highest BCUT2D eigenvalue weighted by Gasteiger charge is 2.09. The number of hydrogen-bond donors (Lipinski definition) is 2. The van der Waals surface area contributed by atoms with Gasteiger partial charge in [-0.1, -0.05) is 12.1 Å². The summed E-state index contributed by atoms with van der Waals surface area (Å²) in [5.74, 6) is -0.149. The first-order valence-corrected chi connectivity index (χ1v) is 4.58. The number of benzene rings is 1. The number of tetrazole rings is 1. The molecule has 1 amide bonds. The summed E-state index contributed by atoms with van der Waals surface area (Å²) in [7, 11) is 0. The van der Waals surface area contributed by atoms with Crippen molar-refractivity contribution in [2.75, 3.05) is 5.73 Å². The maximum Gasteiger partial charge on any atom is 0.241 e. The number of carbonyl (C=O) groups excluding carboxylic acids is 1. The van der Waals surface area contributed by atoms with Gasteiger partial charge in [0.05, 0.1) is 0 Å². The van der Waals surface area contributed by atoms with Crippen molar-refractivity contribution in [1.82, 2.24) is 20.2 Å². The van der Waals surface area contributed by atoms with Crippen LogP contribution in [0.15, 0.2) is 24.3 Å². The van der Waals surface area contributed by atoms with Crippen LogP contribution in [0.5, 0.6) is 0 Å². The Labute approximate surface area is 91.0 Å². The SMILES string of the molecule is NC(=O)Cn1nnc(-c2ccccc2N)n1.